The first-order chi connectivity index (χ1) is 11.8. The monoisotopic (exact) mass is 339 g/mol. The number of aryl methyl sites for hydroxylation is 1. The number of nitrogens with one attached hydrogen (secondary N) is 1. The van der Waals surface area contributed by atoms with Crippen molar-refractivity contribution in [2.45, 2.75) is 32.1 Å². The fourth-order valence-corrected chi connectivity index (χ4v) is 4.49. The van der Waals surface area contributed by atoms with Crippen LogP contribution in [0.25, 0.3) is 11.0 Å². The summed E-state index contributed by atoms with van der Waals surface area (Å²) in [7, 11) is 0. The van der Waals surface area contributed by atoms with E-state index >= 15 is 0 Å². The normalized spacial score (nSPS) is 16.0. The highest BCUT2D eigenvalue weighted by Gasteiger charge is 2.26. The number of piperidine rings is 1. The minimum absolute atomic E-state index is 0.194. The van der Waals surface area contributed by atoms with E-state index in [9.17, 15) is 4.79 Å². The van der Waals surface area contributed by atoms with Crippen molar-refractivity contribution in [1.82, 2.24) is 14.9 Å². The van der Waals surface area contributed by atoms with Crippen molar-refractivity contribution in [3.8, 4) is 0 Å². The Hall–Kier alpha value is -2.14. The predicted octanol–water partition coefficient (Wildman–Crippen LogP) is 4.21. The molecule has 1 fully saturated rings. The highest BCUT2D eigenvalue weighted by atomic mass is 32.1. The van der Waals surface area contributed by atoms with Crippen LogP contribution in [0.2, 0.25) is 0 Å². The largest absolute Gasteiger partial charge is 0.346 e. The molecule has 24 heavy (non-hydrogen) atoms. The van der Waals surface area contributed by atoms with E-state index in [0.717, 1.165) is 42.9 Å². The molecule has 4 heterocycles. The van der Waals surface area contributed by atoms with Crippen LogP contribution in [-0.2, 0) is 6.42 Å². The molecular formula is C19H21N3OS. The summed E-state index contributed by atoms with van der Waals surface area (Å²) in [5, 5.41) is 1.22. The third kappa shape index (κ3) is 2.73. The number of carbonyl (C=O) groups is 1. The van der Waals surface area contributed by atoms with Crippen LogP contribution in [0, 0.1) is 0 Å². The fraction of sp³-hybridized carbons (Fsp3) is 0.368. The van der Waals surface area contributed by atoms with Gasteiger partial charge in [0.25, 0.3) is 5.91 Å². The van der Waals surface area contributed by atoms with Crippen LogP contribution in [-0.4, -0.2) is 33.9 Å². The van der Waals surface area contributed by atoms with Crippen molar-refractivity contribution in [2.24, 2.45) is 0 Å². The number of aromatic amines is 1. The summed E-state index contributed by atoms with van der Waals surface area (Å²) >= 11 is 1.63. The van der Waals surface area contributed by atoms with Crippen LogP contribution >= 0.6 is 11.3 Å². The predicted molar refractivity (Wildman–Crippen MR) is 97.7 cm³/mol. The maximum absolute atomic E-state index is 12.7. The van der Waals surface area contributed by atoms with Crippen LogP contribution in [0.3, 0.4) is 0 Å². The highest BCUT2D eigenvalue weighted by molar-refractivity contribution is 7.14. The first-order valence-electron chi connectivity index (χ1n) is 8.56. The van der Waals surface area contributed by atoms with E-state index in [4.69, 9.17) is 0 Å². The average Bonchev–Trinajstić information content (AvgIpc) is 3.30. The minimum Gasteiger partial charge on any atom is -0.346 e. The Morgan fingerprint density at radius 2 is 2.12 bits per heavy atom. The summed E-state index contributed by atoms with van der Waals surface area (Å²) in [5.41, 5.74) is 2.31. The van der Waals surface area contributed by atoms with E-state index in [1.165, 1.54) is 15.8 Å². The Kier molecular flexibility index (Phi) is 4.10. The maximum atomic E-state index is 12.7. The van der Waals surface area contributed by atoms with E-state index in [-0.39, 0.29) is 5.91 Å². The van der Waals surface area contributed by atoms with Crippen LogP contribution in [0.5, 0.6) is 0 Å². The lowest BCUT2D eigenvalue weighted by Crippen LogP contribution is -2.37. The topological polar surface area (TPSA) is 49.0 Å². The van der Waals surface area contributed by atoms with Crippen molar-refractivity contribution < 1.29 is 4.79 Å². The molecule has 1 aliphatic heterocycles. The molecule has 0 atom stereocenters. The number of likely N-dealkylation sites (tertiary alicyclic amines) is 1. The zero-order valence-corrected chi connectivity index (χ0v) is 14.6. The average molecular weight is 339 g/mol. The number of hydrogen-bond donors (Lipinski definition) is 1. The number of carbonyl (C=O) groups excluding carboxylic acids is 1. The number of thiophene rings is 1. The SMILES string of the molecule is CCc1ccc(C(=O)N2CCC(c3ccnc4[nH]ccc34)CC2)s1. The van der Waals surface area contributed by atoms with Gasteiger partial charge < -0.3 is 9.88 Å². The zero-order chi connectivity index (χ0) is 16.5. The van der Waals surface area contributed by atoms with Gasteiger partial charge in [-0.2, -0.15) is 0 Å². The lowest BCUT2D eigenvalue weighted by Gasteiger charge is -2.32. The second-order valence-electron chi connectivity index (χ2n) is 6.33. The van der Waals surface area contributed by atoms with Crippen molar-refractivity contribution in [3.05, 3.63) is 52.0 Å². The molecular weight excluding hydrogens is 318 g/mol. The van der Waals surface area contributed by atoms with Gasteiger partial charge in [0.1, 0.15) is 5.65 Å². The number of nitrogens with zero attached hydrogens (tertiary/aromatic N) is 2. The van der Waals surface area contributed by atoms with Crippen molar-refractivity contribution in [3.63, 3.8) is 0 Å². The van der Waals surface area contributed by atoms with Gasteiger partial charge in [0.05, 0.1) is 4.88 Å². The summed E-state index contributed by atoms with van der Waals surface area (Å²) in [4.78, 5) is 24.4. The maximum Gasteiger partial charge on any atom is 0.263 e. The quantitative estimate of drug-likeness (QED) is 0.777. The molecule has 1 saturated heterocycles. The smallest absolute Gasteiger partial charge is 0.263 e. The molecule has 1 amide bonds. The van der Waals surface area contributed by atoms with Gasteiger partial charge in [-0.1, -0.05) is 6.92 Å². The summed E-state index contributed by atoms with van der Waals surface area (Å²) < 4.78 is 0. The van der Waals surface area contributed by atoms with Crippen molar-refractivity contribution >= 4 is 28.3 Å². The molecule has 0 spiro atoms. The third-order valence-electron chi connectivity index (χ3n) is 4.94. The Morgan fingerprint density at radius 1 is 1.29 bits per heavy atom. The lowest BCUT2D eigenvalue weighted by molar-refractivity contribution is 0.0718. The second-order valence-corrected chi connectivity index (χ2v) is 7.49. The number of amides is 1. The lowest BCUT2D eigenvalue weighted by atomic mass is 9.88. The number of aromatic nitrogens is 2. The molecule has 5 heteroatoms. The number of rotatable bonds is 3. The van der Waals surface area contributed by atoms with Gasteiger partial charge in [0, 0.05) is 35.7 Å². The third-order valence-corrected chi connectivity index (χ3v) is 6.15. The van der Waals surface area contributed by atoms with E-state index in [2.05, 4.69) is 35.1 Å². The first-order valence-corrected chi connectivity index (χ1v) is 9.38. The Bertz CT molecular complexity index is 858. The molecule has 0 saturated carbocycles. The molecule has 0 radical (unpaired) electrons. The number of hydrogen-bond acceptors (Lipinski definition) is 3. The molecule has 1 N–H and O–H groups in total. The van der Waals surface area contributed by atoms with Gasteiger partial charge in [-0.05, 0) is 55.0 Å². The first kappa shape index (κ1) is 15.4. The highest BCUT2D eigenvalue weighted by Crippen LogP contribution is 2.33. The van der Waals surface area contributed by atoms with E-state index in [0.29, 0.717) is 5.92 Å². The zero-order valence-electron chi connectivity index (χ0n) is 13.8. The van der Waals surface area contributed by atoms with Crippen molar-refractivity contribution in [1.29, 1.82) is 0 Å². The van der Waals surface area contributed by atoms with Gasteiger partial charge in [-0.3, -0.25) is 4.79 Å². The van der Waals surface area contributed by atoms with Gasteiger partial charge >= 0.3 is 0 Å². The Balaban J connectivity index is 1.47. The second kappa shape index (κ2) is 6.40. The van der Waals surface area contributed by atoms with E-state index in [1.807, 2.05) is 23.4 Å². The summed E-state index contributed by atoms with van der Waals surface area (Å²) in [6.45, 7) is 3.79. The van der Waals surface area contributed by atoms with Gasteiger partial charge in [0.15, 0.2) is 0 Å². The molecule has 0 aromatic carbocycles. The van der Waals surface area contributed by atoms with Gasteiger partial charge in [0.2, 0.25) is 0 Å². The molecule has 3 aromatic heterocycles. The minimum atomic E-state index is 0.194. The number of H-pyrrole nitrogens is 1. The molecule has 0 aliphatic carbocycles. The van der Waals surface area contributed by atoms with Gasteiger partial charge in [-0.25, -0.2) is 4.98 Å². The van der Waals surface area contributed by atoms with E-state index in [1.54, 1.807) is 11.3 Å². The molecule has 124 valence electrons. The summed E-state index contributed by atoms with van der Waals surface area (Å²) in [6.07, 6.45) is 6.85. The molecule has 0 unspecified atom stereocenters. The number of fused-ring (bicyclic) bond motifs is 1. The Morgan fingerprint density at radius 3 is 2.88 bits per heavy atom. The molecule has 3 aromatic rings. The summed E-state index contributed by atoms with van der Waals surface area (Å²) in [6, 6.07) is 8.28. The van der Waals surface area contributed by atoms with Gasteiger partial charge in [-0.15, -0.1) is 11.3 Å². The standard InChI is InChI=1S/C19H21N3OS/c1-2-14-3-4-17(24-14)19(23)22-11-7-13(8-12-22)15-5-9-20-18-16(15)6-10-21-18/h3-6,9-10,13H,2,7-8,11-12H2,1H3,(H,20,21). The van der Waals surface area contributed by atoms with Crippen LogP contribution in [0.1, 0.15) is 45.8 Å². The van der Waals surface area contributed by atoms with E-state index < -0.39 is 0 Å². The molecule has 4 rings (SSSR count). The fourth-order valence-electron chi connectivity index (χ4n) is 3.57. The number of pyridine rings is 1. The Labute approximate surface area is 145 Å². The summed E-state index contributed by atoms with van der Waals surface area (Å²) in [5.74, 6) is 0.699. The van der Waals surface area contributed by atoms with Crippen LogP contribution < -0.4 is 0 Å². The van der Waals surface area contributed by atoms with Crippen molar-refractivity contribution in [2.75, 3.05) is 13.1 Å². The molecule has 0 bridgehead atoms. The van der Waals surface area contributed by atoms with Crippen LogP contribution in [0.4, 0.5) is 0 Å². The van der Waals surface area contributed by atoms with Crippen LogP contribution in [0.15, 0.2) is 36.7 Å². The molecule has 4 nitrogen and oxygen atoms in total. The molecule has 1 aliphatic rings.